The number of hydrogen-bond donors (Lipinski definition) is 10. The predicted molar refractivity (Wildman–Crippen MR) is 425 cm³/mol. The van der Waals surface area contributed by atoms with E-state index >= 15 is 4.39 Å². The molecule has 9 aromatic rings. The van der Waals surface area contributed by atoms with Gasteiger partial charge >= 0.3 is 0 Å². The zero-order valence-electron chi connectivity index (χ0n) is 65.4. The highest BCUT2D eigenvalue weighted by atomic mass is 35.5. The van der Waals surface area contributed by atoms with Gasteiger partial charge in [-0.25, -0.2) is 8.78 Å². The minimum Gasteiger partial charge on any atom is -0.496 e. The lowest BCUT2D eigenvalue weighted by Gasteiger charge is -2.40. The quantitative estimate of drug-likeness (QED) is 0.0241. The summed E-state index contributed by atoms with van der Waals surface area (Å²) in [6.45, 7) is 10.5. The highest BCUT2D eigenvalue weighted by Crippen LogP contribution is 2.50. The van der Waals surface area contributed by atoms with Crippen molar-refractivity contribution in [3.05, 3.63) is 281 Å². The number of ether oxygens (including phenoxy) is 12. The number of aliphatic hydroxyl groups is 10. The van der Waals surface area contributed by atoms with E-state index in [-0.39, 0.29) is 50.7 Å². The Balaban J connectivity index is 0.538. The standard InChI is InChI=1S/C91H96Cl2F2O22/c1-89(2)64-26-24-59(37-62(64)72(116-89)42-108-57-22-12-48(13-23-57)32-54-35-51(16-29-69(54)106-7)86-83(103)80(100)77(97)70(40-96)112-86)110-44-74-78(98)81(101)84(104)87(113-74)49-14-27-66(92)52(33-49)31-47-10-20-58(21-11-47)109-43-73-63-38-60(39-68(95)76(63)91(5,6)117-73)111-45-75-79(99)82(102)85(105)88(114-75)50-15-28-67(93)53(34-50)30-46-8-18-56(19-9-46)107-41-71-61-25-17-55(94)36-65(61)90(3,4)115-71/h8-29,33-39,70-75,77-88,96-105H,30-32,40-45H2,1-7H3/t70-,71?,72?,73?,74-,75-,77-,78-,79-,80+,81+,82+,83-,84-,85-,86+,87+,88+/m1/s1. The van der Waals surface area contributed by atoms with Crippen LogP contribution in [0.4, 0.5) is 8.78 Å². The second-order valence-corrected chi connectivity index (χ2v) is 33.2. The van der Waals surface area contributed by atoms with Crippen molar-refractivity contribution in [1.29, 1.82) is 0 Å². The molecule has 22 nitrogen and oxygen atoms in total. The van der Waals surface area contributed by atoms with E-state index in [1.54, 1.807) is 99.8 Å². The molecule has 3 unspecified atom stereocenters. The van der Waals surface area contributed by atoms with Crippen molar-refractivity contribution in [1.82, 2.24) is 0 Å². The largest absolute Gasteiger partial charge is 0.496 e. The van der Waals surface area contributed by atoms with E-state index < -0.39 is 133 Å². The molecule has 6 aliphatic rings. The minimum atomic E-state index is -1.64. The third kappa shape index (κ3) is 17.7. The van der Waals surface area contributed by atoms with Gasteiger partial charge in [-0.3, -0.25) is 0 Å². The first-order valence-corrected chi connectivity index (χ1v) is 39.8. The van der Waals surface area contributed by atoms with Gasteiger partial charge < -0.3 is 108 Å². The van der Waals surface area contributed by atoms with E-state index in [0.717, 1.165) is 44.5 Å². The zero-order valence-corrected chi connectivity index (χ0v) is 66.9. The number of rotatable bonds is 26. The lowest BCUT2D eigenvalue weighted by Crippen LogP contribution is -2.55. The minimum absolute atomic E-state index is 0.0192. The van der Waals surface area contributed by atoms with E-state index in [4.69, 9.17) is 80.0 Å². The van der Waals surface area contributed by atoms with Crippen molar-refractivity contribution in [2.24, 2.45) is 0 Å². The summed E-state index contributed by atoms with van der Waals surface area (Å²) >= 11 is 13.6. The number of methoxy groups -OCH3 is 1. The van der Waals surface area contributed by atoms with Crippen LogP contribution >= 0.6 is 23.2 Å². The van der Waals surface area contributed by atoms with E-state index in [9.17, 15) is 55.5 Å². The lowest BCUT2D eigenvalue weighted by molar-refractivity contribution is -0.231. The Morgan fingerprint density at radius 1 is 0.359 bits per heavy atom. The van der Waals surface area contributed by atoms with Crippen molar-refractivity contribution in [2.75, 3.05) is 46.8 Å². The maximum Gasteiger partial charge on any atom is 0.133 e. The number of benzene rings is 9. The third-order valence-electron chi connectivity index (χ3n) is 23.1. The van der Waals surface area contributed by atoms with Crippen molar-refractivity contribution >= 4 is 23.2 Å². The topological polar surface area (TPSA) is 313 Å². The average Bonchev–Trinajstić information content (AvgIpc) is 1.66. The van der Waals surface area contributed by atoms with E-state index in [1.807, 2.05) is 107 Å². The fourth-order valence-electron chi connectivity index (χ4n) is 16.8. The van der Waals surface area contributed by atoms with Crippen LogP contribution in [0.1, 0.15) is 162 Å². The molecular weight excluding hydrogens is 1550 g/mol. The molecule has 6 heterocycles. The van der Waals surface area contributed by atoms with Crippen LogP contribution in [0.5, 0.6) is 34.5 Å². The van der Waals surface area contributed by atoms with Gasteiger partial charge in [0.15, 0.2) is 0 Å². The predicted octanol–water partition coefficient (Wildman–Crippen LogP) is 11.9. The molecule has 15 rings (SSSR count). The van der Waals surface area contributed by atoms with Gasteiger partial charge in [0.2, 0.25) is 0 Å². The van der Waals surface area contributed by atoms with Crippen LogP contribution in [0.3, 0.4) is 0 Å². The lowest BCUT2D eigenvalue weighted by atomic mass is 9.90. The van der Waals surface area contributed by atoms with Gasteiger partial charge in [0, 0.05) is 28.1 Å². The van der Waals surface area contributed by atoms with Crippen LogP contribution < -0.4 is 28.4 Å². The van der Waals surface area contributed by atoms with Gasteiger partial charge in [-0.05, 0) is 223 Å². The average molecular weight is 1650 g/mol. The van der Waals surface area contributed by atoms with E-state index in [0.29, 0.717) is 97.0 Å². The second kappa shape index (κ2) is 34.4. The summed E-state index contributed by atoms with van der Waals surface area (Å²) < 4.78 is 105. The van der Waals surface area contributed by atoms with Crippen molar-refractivity contribution in [3.63, 3.8) is 0 Å². The van der Waals surface area contributed by atoms with Crippen LogP contribution in [0.2, 0.25) is 10.0 Å². The molecule has 620 valence electrons. The Labute approximate surface area is 686 Å². The molecule has 9 aromatic carbocycles. The first kappa shape index (κ1) is 83.6. The van der Waals surface area contributed by atoms with Gasteiger partial charge in [0.25, 0.3) is 0 Å². The Morgan fingerprint density at radius 2 is 0.752 bits per heavy atom. The van der Waals surface area contributed by atoms with Gasteiger partial charge in [-0.2, -0.15) is 0 Å². The molecule has 0 bridgehead atoms. The Kier molecular flexibility index (Phi) is 24.6. The second-order valence-electron chi connectivity index (χ2n) is 32.4. The molecule has 0 aromatic heterocycles. The molecule has 0 saturated carbocycles. The van der Waals surface area contributed by atoms with Gasteiger partial charge in [0.1, 0.15) is 189 Å². The van der Waals surface area contributed by atoms with Crippen LogP contribution in [0.25, 0.3) is 0 Å². The van der Waals surface area contributed by atoms with Gasteiger partial charge in [-0.15, -0.1) is 0 Å². The number of fused-ring (bicyclic) bond motifs is 3. The SMILES string of the molecule is COc1ccc([C@@H]2O[C@H](CO)[C@@H](O)[C@H](O)[C@H]2O)cc1Cc1ccc(OCC2OC(C)(C)c3ccc(OC[C@H]4O[C@@H](c5ccc(Cl)c(Cc6ccc(OCC7OC(C)(C)c8c(F)cc(OC[C@H]9O[C@@H](c%10ccc(Cl)c(Cc%11ccc(OCC%12OC(C)(C)c%13cc(F)ccc%13%12)cc%11)c%10)[C@H](O)[C@@H](O)[C@@H]9O)cc87)cc6)c5)[C@H](O)[C@@H](O)[C@@H]4O)cc32)cc1. The van der Waals surface area contributed by atoms with E-state index in [2.05, 4.69) is 0 Å². The highest BCUT2D eigenvalue weighted by Gasteiger charge is 2.49. The fraction of sp³-hybridized carbons (Fsp3) is 0.407. The summed E-state index contributed by atoms with van der Waals surface area (Å²) in [5, 5.41) is 110. The maximum atomic E-state index is 16.3. The molecule has 0 amide bonds. The molecule has 3 fully saturated rings. The molecule has 0 spiro atoms. The van der Waals surface area contributed by atoms with Gasteiger partial charge in [-0.1, -0.05) is 102 Å². The van der Waals surface area contributed by atoms with Crippen LogP contribution in [-0.2, 0) is 64.5 Å². The summed E-state index contributed by atoms with van der Waals surface area (Å²) in [6, 6.07) is 51.0. The molecule has 10 N–H and O–H groups in total. The third-order valence-corrected chi connectivity index (χ3v) is 23.9. The zero-order chi connectivity index (χ0) is 82.7. The number of aliphatic hydroxyl groups excluding tert-OH is 10. The molecule has 0 aliphatic carbocycles. The summed E-state index contributed by atoms with van der Waals surface area (Å²) in [5.74, 6) is 1.90. The molecule has 0 radical (unpaired) electrons. The fourth-order valence-corrected chi connectivity index (χ4v) is 17.2. The maximum absolute atomic E-state index is 16.3. The monoisotopic (exact) mass is 1650 g/mol. The van der Waals surface area contributed by atoms with Crippen LogP contribution in [-0.4, -0.2) is 171 Å². The Hall–Kier alpha value is -8.42. The van der Waals surface area contributed by atoms with E-state index in [1.165, 1.54) is 18.2 Å². The summed E-state index contributed by atoms with van der Waals surface area (Å²) in [6.07, 6.45) is -20.9. The van der Waals surface area contributed by atoms with Crippen molar-refractivity contribution < 1.29 is 117 Å². The van der Waals surface area contributed by atoms with Crippen molar-refractivity contribution in [3.8, 4) is 34.5 Å². The summed E-state index contributed by atoms with van der Waals surface area (Å²) in [4.78, 5) is 0. The first-order chi connectivity index (χ1) is 55.9. The highest BCUT2D eigenvalue weighted by molar-refractivity contribution is 6.31. The Bertz CT molecular complexity index is 5010. The number of halogens is 4. The molecular formula is C91H96Cl2F2O22. The smallest absolute Gasteiger partial charge is 0.133 e. The summed E-state index contributed by atoms with van der Waals surface area (Å²) in [7, 11) is 1.55. The van der Waals surface area contributed by atoms with Gasteiger partial charge in [0.05, 0.1) is 30.5 Å². The molecule has 6 aliphatic heterocycles. The normalized spacial score (nSPS) is 28.0. The number of hydrogen-bond acceptors (Lipinski definition) is 22. The van der Waals surface area contributed by atoms with Crippen LogP contribution in [0, 0.1) is 11.6 Å². The Morgan fingerprint density at radius 3 is 1.24 bits per heavy atom. The molecule has 26 heteroatoms. The van der Waals surface area contributed by atoms with Crippen LogP contribution in [0.15, 0.2) is 176 Å². The summed E-state index contributed by atoms with van der Waals surface area (Å²) in [5.41, 5.74) is 8.16. The molecule has 3 saturated heterocycles. The first-order valence-electron chi connectivity index (χ1n) is 39.1. The molecule has 18 atom stereocenters. The molecule has 117 heavy (non-hydrogen) atoms. The van der Waals surface area contributed by atoms with Crippen molar-refractivity contribution in [2.45, 2.75) is 187 Å².